The van der Waals surface area contributed by atoms with Gasteiger partial charge in [0.05, 0.1) is 0 Å². The van der Waals surface area contributed by atoms with E-state index in [9.17, 15) is 0 Å². The molecule has 0 fully saturated rings. The number of aryl methyl sites for hydroxylation is 2. The quantitative estimate of drug-likeness (QED) is 0.762. The predicted octanol–water partition coefficient (Wildman–Crippen LogP) is 4.39. The van der Waals surface area contributed by atoms with E-state index in [1.807, 2.05) is 26.2 Å². The number of aromatic nitrogens is 2. The van der Waals surface area contributed by atoms with Crippen molar-refractivity contribution in [3.63, 3.8) is 0 Å². The van der Waals surface area contributed by atoms with E-state index >= 15 is 0 Å². The zero-order valence-corrected chi connectivity index (χ0v) is 11.7. The Kier molecular flexibility index (Phi) is 3.82. The Morgan fingerprint density at radius 3 is 2.44 bits per heavy atom. The largest absolute Gasteiger partial charge is 0.236 e. The Hall–Kier alpha value is -1.61. The van der Waals surface area contributed by atoms with Crippen LogP contribution >= 0.6 is 11.8 Å². The van der Waals surface area contributed by atoms with Gasteiger partial charge < -0.3 is 0 Å². The minimum Gasteiger partial charge on any atom is -0.236 e. The molecular weight excluding hydrogens is 240 g/mol. The summed E-state index contributed by atoms with van der Waals surface area (Å²) >= 11 is 1.69. The Morgan fingerprint density at radius 1 is 1.17 bits per heavy atom. The molecule has 2 nitrogen and oxygen atoms in total. The number of rotatable bonds is 3. The smallest absolute Gasteiger partial charge is 0.159 e. The SMILES string of the molecule is C=C(C)Sc1cc(-c2ncc(C)cn2)ccc1C. The van der Waals surface area contributed by atoms with Crippen LogP contribution in [-0.2, 0) is 0 Å². The first kappa shape index (κ1) is 12.8. The number of thioether (sulfide) groups is 1. The normalized spacial score (nSPS) is 10.4. The van der Waals surface area contributed by atoms with Gasteiger partial charge in [-0.2, -0.15) is 0 Å². The Morgan fingerprint density at radius 2 is 1.83 bits per heavy atom. The molecule has 1 aromatic carbocycles. The van der Waals surface area contributed by atoms with Gasteiger partial charge in [-0.05, 0) is 42.9 Å². The van der Waals surface area contributed by atoms with Gasteiger partial charge in [-0.25, -0.2) is 9.97 Å². The Bertz CT molecular complexity index is 574. The Labute approximate surface area is 112 Å². The Balaban J connectivity index is 2.40. The molecule has 0 atom stereocenters. The van der Waals surface area contributed by atoms with Crippen LogP contribution in [0, 0.1) is 13.8 Å². The fourth-order valence-electron chi connectivity index (χ4n) is 1.58. The number of hydrogen-bond acceptors (Lipinski definition) is 3. The molecule has 2 rings (SSSR count). The topological polar surface area (TPSA) is 25.8 Å². The van der Waals surface area contributed by atoms with Crippen LogP contribution in [0.2, 0.25) is 0 Å². The van der Waals surface area contributed by atoms with Crippen LogP contribution in [0.1, 0.15) is 18.1 Å². The molecule has 0 aliphatic carbocycles. The van der Waals surface area contributed by atoms with Gasteiger partial charge in [-0.3, -0.25) is 0 Å². The van der Waals surface area contributed by atoms with Gasteiger partial charge in [0, 0.05) is 22.9 Å². The standard InChI is InChI=1S/C15H16N2S/c1-10(2)18-14-7-13(6-5-12(14)4)15-16-8-11(3)9-17-15/h5-9H,1H2,2-4H3. The first-order valence-electron chi connectivity index (χ1n) is 5.79. The molecule has 0 aliphatic heterocycles. The third-order valence-corrected chi connectivity index (χ3v) is 3.52. The maximum absolute atomic E-state index is 4.36. The van der Waals surface area contributed by atoms with Crippen LogP contribution in [0.5, 0.6) is 0 Å². The van der Waals surface area contributed by atoms with E-state index in [-0.39, 0.29) is 0 Å². The van der Waals surface area contributed by atoms with Crippen molar-refractivity contribution >= 4 is 11.8 Å². The summed E-state index contributed by atoms with van der Waals surface area (Å²) in [7, 11) is 0. The van der Waals surface area contributed by atoms with Crippen molar-refractivity contribution < 1.29 is 0 Å². The van der Waals surface area contributed by atoms with E-state index in [0.717, 1.165) is 21.9 Å². The van der Waals surface area contributed by atoms with Gasteiger partial charge in [0.25, 0.3) is 0 Å². The van der Waals surface area contributed by atoms with E-state index in [4.69, 9.17) is 0 Å². The summed E-state index contributed by atoms with van der Waals surface area (Å²) < 4.78 is 0. The second-order valence-corrected chi connectivity index (χ2v) is 5.71. The van der Waals surface area contributed by atoms with E-state index in [2.05, 4.69) is 41.7 Å². The van der Waals surface area contributed by atoms with Gasteiger partial charge in [0.2, 0.25) is 0 Å². The fraction of sp³-hybridized carbons (Fsp3) is 0.200. The van der Waals surface area contributed by atoms with Crippen LogP contribution in [0.25, 0.3) is 11.4 Å². The van der Waals surface area contributed by atoms with Gasteiger partial charge in [-0.1, -0.05) is 30.5 Å². The highest BCUT2D eigenvalue weighted by atomic mass is 32.2. The number of allylic oxidation sites excluding steroid dienone is 1. The summed E-state index contributed by atoms with van der Waals surface area (Å²) in [6.07, 6.45) is 3.68. The highest BCUT2D eigenvalue weighted by molar-refractivity contribution is 8.03. The van der Waals surface area contributed by atoms with Crippen molar-refractivity contribution in [2.45, 2.75) is 25.7 Å². The first-order chi connectivity index (χ1) is 8.56. The fourth-order valence-corrected chi connectivity index (χ4v) is 2.37. The molecule has 0 N–H and O–H groups in total. The average molecular weight is 256 g/mol. The van der Waals surface area contributed by atoms with E-state index in [1.165, 1.54) is 10.5 Å². The van der Waals surface area contributed by atoms with Crippen LogP contribution in [0.3, 0.4) is 0 Å². The molecule has 0 amide bonds. The van der Waals surface area contributed by atoms with Crippen molar-refractivity contribution in [2.75, 3.05) is 0 Å². The van der Waals surface area contributed by atoms with Crippen molar-refractivity contribution in [2.24, 2.45) is 0 Å². The lowest BCUT2D eigenvalue weighted by atomic mass is 10.1. The van der Waals surface area contributed by atoms with Crippen molar-refractivity contribution in [1.29, 1.82) is 0 Å². The van der Waals surface area contributed by atoms with Crippen molar-refractivity contribution in [3.05, 3.63) is 53.2 Å². The summed E-state index contributed by atoms with van der Waals surface area (Å²) in [6.45, 7) is 10.0. The van der Waals surface area contributed by atoms with Crippen LogP contribution in [-0.4, -0.2) is 9.97 Å². The molecule has 1 heterocycles. The molecule has 1 aromatic heterocycles. The molecule has 0 radical (unpaired) electrons. The number of hydrogen-bond donors (Lipinski definition) is 0. The lowest BCUT2D eigenvalue weighted by molar-refractivity contribution is 1.13. The van der Waals surface area contributed by atoms with Gasteiger partial charge in [0.15, 0.2) is 5.82 Å². The molecule has 3 heteroatoms. The molecule has 0 aliphatic rings. The van der Waals surface area contributed by atoms with Gasteiger partial charge >= 0.3 is 0 Å². The number of nitrogens with zero attached hydrogens (tertiary/aromatic N) is 2. The van der Waals surface area contributed by atoms with E-state index in [1.54, 1.807) is 11.8 Å². The average Bonchev–Trinajstić information content (AvgIpc) is 2.32. The molecule has 0 saturated heterocycles. The van der Waals surface area contributed by atoms with Gasteiger partial charge in [0.1, 0.15) is 0 Å². The summed E-state index contributed by atoms with van der Waals surface area (Å²) in [5, 5.41) is 0. The summed E-state index contributed by atoms with van der Waals surface area (Å²) in [4.78, 5) is 11.0. The maximum Gasteiger partial charge on any atom is 0.159 e. The second kappa shape index (κ2) is 5.36. The lowest BCUT2D eigenvalue weighted by Gasteiger charge is -2.07. The second-order valence-electron chi connectivity index (χ2n) is 4.37. The molecule has 0 bridgehead atoms. The zero-order valence-electron chi connectivity index (χ0n) is 10.9. The summed E-state index contributed by atoms with van der Waals surface area (Å²) in [5.74, 6) is 0.768. The third kappa shape index (κ3) is 2.99. The van der Waals surface area contributed by atoms with E-state index < -0.39 is 0 Å². The zero-order chi connectivity index (χ0) is 13.1. The third-order valence-electron chi connectivity index (χ3n) is 2.51. The minimum absolute atomic E-state index is 0.768. The molecule has 0 saturated carbocycles. The van der Waals surface area contributed by atoms with E-state index in [0.29, 0.717) is 0 Å². The molecule has 0 unspecified atom stereocenters. The van der Waals surface area contributed by atoms with Gasteiger partial charge in [-0.15, -0.1) is 0 Å². The predicted molar refractivity (Wildman–Crippen MR) is 77.6 cm³/mol. The summed E-state index contributed by atoms with van der Waals surface area (Å²) in [5.41, 5.74) is 3.37. The molecule has 18 heavy (non-hydrogen) atoms. The maximum atomic E-state index is 4.36. The van der Waals surface area contributed by atoms with Crippen molar-refractivity contribution in [1.82, 2.24) is 9.97 Å². The van der Waals surface area contributed by atoms with Crippen LogP contribution in [0.15, 0.2) is 47.0 Å². The highest BCUT2D eigenvalue weighted by Crippen LogP contribution is 2.31. The molecular formula is C15H16N2S. The lowest BCUT2D eigenvalue weighted by Crippen LogP contribution is -1.90. The van der Waals surface area contributed by atoms with Crippen LogP contribution in [0.4, 0.5) is 0 Å². The first-order valence-corrected chi connectivity index (χ1v) is 6.61. The molecule has 2 aromatic rings. The highest BCUT2D eigenvalue weighted by Gasteiger charge is 2.05. The van der Waals surface area contributed by atoms with Crippen molar-refractivity contribution in [3.8, 4) is 11.4 Å². The molecule has 92 valence electrons. The minimum atomic E-state index is 0.768. The number of benzene rings is 1. The monoisotopic (exact) mass is 256 g/mol. The van der Waals surface area contributed by atoms with Crippen LogP contribution < -0.4 is 0 Å². The summed E-state index contributed by atoms with van der Waals surface area (Å²) in [6, 6.07) is 6.28. The molecule has 0 spiro atoms.